The fourth-order valence-corrected chi connectivity index (χ4v) is 3.59. The smallest absolute Gasteiger partial charge is 0.410 e. The summed E-state index contributed by atoms with van der Waals surface area (Å²) in [6.45, 7) is 10.4. The van der Waals surface area contributed by atoms with Crippen LogP contribution in [0.1, 0.15) is 59.9 Å². The first-order valence-corrected chi connectivity index (χ1v) is 10.8. The van der Waals surface area contributed by atoms with Crippen molar-refractivity contribution in [1.29, 1.82) is 0 Å². The number of amides is 2. The van der Waals surface area contributed by atoms with E-state index in [1.165, 1.54) is 11.9 Å². The molecule has 2 N–H and O–H groups in total. The zero-order valence-corrected chi connectivity index (χ0v) is 20.5. The third-order valence-corrected chi connectivity index (χ3v) is 5.18. The molecule has 0 fully saturated rings. The maximum atomic E-state index is 13.1. The summed E-state index contributed by atoms with van der Waals surface area (Å²) in [6, 6.07) is 6.54. The molecule has 2 atom stereocenters. The van der Waals surface area contributed by atoms with Crippen LogP contribution in [0.3, 0.4) is 0 Å². The third-order valence-electron chi connectivity index (χ3n) is 5.18. The molecule has 2 amide bonds. The molecule has 1 aromatic rings. The highest BCUT2D eigenvalue weighted by Crippen LogP contribution is 2.31. The van der Waals surface area contributed by atoms with E-state index < -0.39 is 47.0 Å². The molecule has 0 heterocycles. The minimum atomic E-state index is -1.31. The molecule has 0 aliphatic heterocycles. The second-order valence-electron chi connectivity index (χ2n) is 10.1. The standard InChI is InChI=1S/C24H36N2O7/c1-23(2,3)19(21(30)31)26(24(4,5)6)18(27)14-13-17(20(28)29)25(7)22(32)33-15-16-11-9-8-10-12-16/h8-12,17,19H,13-15H2,1-7H3,(H,28,29)(H,30,31)/t17-,19?/m0/s1. The van der Waals surface area contributed by atoms with Gasteiger partial charge in [0.1, 0.15) is 18.7 Å². The molecule has 0 aliphatic carbocycles. The van der Waals surface area contributed by atoms with E-state index in [-0.39, 0.29) is 19.4 Å². The second-order valence-corrected chi connectivity index (χ2v) is 10.1. The molecular formula is C24H36N2O7. The van der Waals surface area contributed by atoms with Crippen molar-refractivity contribution < 1.29 is 34.1 Å². The lowest BCUT2D eigenvalue weighted by Crippen LogP contribution is -2.59. The van der Waals surface area contributed by atoms with E-state index in [1.54, 1.807) is 65.8 Å². The number of carboxylic acid groups (broad SMARTS) is 2. The first kappa shape index (κ1) is 27.9. The number of hydrogen-bond acceptors (Lipinski definition) is 5. The minimum Gasteiger partial charge on any atom is -0.480 e. The predicted octanol–water partition coefficient (Wildman–Crippen LogP) is 3.61. The van der Waals surface area contributed by atoms with Crippen molar-refractivity contribution in [2.24, 2.45) is 5.41 Å². The van der Waals surface area contributed by atoms with Crippen molar-refractivity contribution in [2.75, 3.05) is 7.05 Å². The van der Waals surface area contributed by atoms with E-state index in [9.17, 15) is 29.4 Å². The highest BCUT2D eigenvalue weighted by atomic mass is 16.6. The van der Waals surface area contributed by atoms with Crippen LogP contribution in [0.5, 0.6) is 0 Å². The Kier molecular flexibility index (Phi) is 9.45. The molecule has 1 aromatic carbocycles. The number of carbonyl (C=O) groups excluding carboxylic acids is 2. The average Bonchev–Trinajstić information content (AvgIpc) is 2.68. The first-order chi connectivity index (χ1) is 15.1. The van der Waals surface area contributed by atoms with Gasteiger partial charge in [0, 0.05) is 19.0 Å². The van der Waals surface area contributed by atoms with Gasteiger partial charge in [-0.05, 0) is 38.2 Å². The highest BCUT2D eigenvalue weighted by molar-refractivity contribution is 5.86. The van der Waals surface area contributed by atoms with E-state index in [0.717, 1.165) is 10.5 Å². The number of aliphatic carboxylic acids is 2. The van der Waals surface area contributed by atoms with Gasteiger partial charge in [-0.3, -0.25) is 9.69 Å². The quantitative estimate of drug-likeness (QED) is 0.572. The minimum absolute atomic E-state index is 0.0149. The monoisotopic (exact) mass is 464 g/mol. The Bertz CT molecular complexity index is 841. The highest BCUT2D eigenvalue weighted by Gasteiger charge is 2.44. The fraction of sp³-hybridized carbons (Fsp3) is 0.583. The van der Waals surface area contributed by atoms with E-state index in [2.05, 4.69) is 0 Å². The zero-order chi connectivity index (χ0) is 25.6. The fourth-order valence-electron chi connectivity index (χ4n) is 3.59. The van der Waals surface area contributed by atoms with E-state index in [1.807, 2.05) is 6.07 Å². The van der Waals surface area contributed by atoms with Crippen molar-refractivity contribution in [2.45, 2.75) is 78.6 Å². The molecule has 0 spiro atoms. The number of likely N-dealkylation sites (N-methyl/N-ethyl adjacent to an activating group) is 1. The van der Waals surface area contributed by atoms with E-state index in [0.29, 0.717) is 0 Å². The normalized spacial score (nSPS) is 13.5. The van der Waals surface area contributed by atoms with Crippen LogP contribution < -0.4 is 0 Å². The van der Waals surface area contributed by atoms with Gasteiger partial charge in [-0.25, -0.2) is 14.4 Å². The van der Waals surface area contributed by atoms with Gasteiger partial charge in [-0.15, -0.1) is 0 Å². The maximum Gasteiger partial charge on any atom is 0.410 e. The third kappa shape index (κ3) is 8.07. The Morgan fingerprint density at radius 1 is 0.939 bits per heavy atom. The predicted molar refractivity (Wildman–Crippen MR) is 123 cm³/mol. The summed E-state index contributed by atoms with van der Waals surface area (Å²) in [7, 11) is 1.30. The molecule has 0 bridgehead atoms. The van der Waals surface area contributed by atoms with Crippen LogP contribution >= 0.6 is 0 Å². The number of ether oxygens (including phenoxy) is 1. The second kappa shape index (κ2) is 11.2. The summed E-state index contributed by atoms with van der Waals surface area (Å²) in [4.78, 5) is 51.6. The van der Waals surface area contributed by atoms with E-state index >= 15 is 0 Å². The SMILES string of the molecule is CN(C(=O)OCc1ccccc1)[C@@H](CCC(=O)N(C(C(=O)O)C(C)(C)C)C(C)(C)C)C(=O)O. The lowest BCUT2D eigenvalue weighted by Gasteiger charge is -2.45. The Morgan fingerprint density at radius 3 is 1.91 bits per heavy atom. The maximum absolute atomic E-state index is 13.1. The molecule has 0 aromatic heterocycles. The average molecular weight is 465 g/mol. The van der Waals surface area contributed by atoms with Crippen LogP contribution in [0.4, 0.5) is 4.79 Å². The number of hydrogen-bond donors (Lipinski definition) is 2. The summed E-state index contributed by atoms with van der Waals surface area (Å²) in [6.07, 6.45) is -1.26. The summed E-state index contributed by atoms with van der Waals surface area (Å²) in [5, 5.41) is 19.5. The van der Waals surface area contributed by atoms with Gasteiger partial charge in [0.05, 0.1) is 0 Å². The number of carbonyl (C=O) groups is 4. The number of carboxylic acids is 2. The summed E-state index contributed by atoms with van der Waals surface area (Å²) < 4.78 is 5.19. The van der Waals surface area contributed by atoms with Gasteiger partial charge in [-0.1, -0.05) is 51.1 Å². The molecule has 1 rings (SSSR count). The Balaban J connectivity index is 2.96. The van der Waals surface area contributed by atoms with Crippen molar-refractivity contribution >= 4 is 23.9 Å². The van der Waals surface area contributed by atoms with Crippen LogP contribution in [0, 0.1) is 5.41 Å². The van der Waals surface area contributed by atoms with Gasteiger partial charge in [-0.2, -0.15) is 0 Å². The number of rotatable bonds is 9. The van der Waals surface area contributed by atoms with Crippen molar-refractivity contribution in [3.8, 4) is 0 Å². The Hall–Kier alpha value is -3.10. The Morgan fingerprint density at radius 2 is 1.48 bits per heavy atom. The van der Waals surface area contributed by atoms with E-state index in [4.69, 9.17) is 4.74 Å². The topological polar surface area (TPSA) is 124 Å². The number of nitrogens with zero attached hydrogens (tertiary/aromatic N) is 2. The summed E-state index contributed by atoms with van der Waals surface area (Å²) in [5.74, 6) is -2.92. The van der Waals surface area contributed by atoms with Gasteiger partial charge in [0.25, 0.3) is 0 Å². The largest absolute Gasteiger partial charge is 0.480 e. The lowest BCUT2D eigenvalue weighted by molar-refractivity contribution is -0.161. The summed E-state index contributed by atoms with van der Waals surface area (Å²) in [5.41, 5.74) is -0.810. The molecule has 33 heavy (non-hydrogen) atoms. The van der Waals surface area contributed by atoms with Crippen LogP contribution in [0.2, 0.25) is 0 Å². The van der Waals surface area contributed by atoms with Gasteiger partial charge < -0.3 is 19.8 Å². The molecule has 0 aliphatic rings. The van der Waals surface area contributed by atoms with Crippen molar-refractivity contribution in [3.63, 3.8) is 0 Å². The molecule has 9 nitrogen and oxygen atoms in total. The zero-order valence-electron chi connectivity index (χ0n) is 20.5. The molecule has 0 saturated heterocycles. The van der Waals surface area contributed by atoms with Crippen molar-refractivity contribution in [3.05, 3.63) is 35.9 Å². The van der Waals surface area contributed by atoms with Gasteiger partial charge in [0.2, 0.25) is 5.91 Å². The molecule has 1 unspecified atom stereocenters. The molecule has 0 saturated carbocycles. The van der Waals surface area contributed by atoms with Crippen LogP contribution in [-0.2, 0) is 25.7 Å². The molecule has 184 valence electrons. The first-order valence-electron chi connectivity index (χ1n) is 10.8. The lowest BCUT2D eigenvalue weighted by atomic mass is 9.83. The van der Waals surface area contributed by atoms with Crippen molar-refractivity contribution in [1.82, 2.24) is 9.80 Å². The van der Waals surface area contributed by atoms with Gasteiger partial charge in [0.15, 0.2) is 0 Å². The van der Waals surface area contributed by atoms with Crippen LogP contribution in [0.15, 0.2) is 30.3 Å². The van der Waals surface area contributed by atoms with Crippen LogP contribution in [0.25, 0.3) is 0 Å². The molecule has 0 radical (unpaired) electrons. The molecular weight excluding hydrogens is 428 g/mol. The molecule has 9 heteroatoms. The number of benzene rings is 1. The van der Waals surface area contributed by atoms with Crippen LogP contribution in [-0.4, -0.2) is 68.6 Å². The van der Waals surface area contributed by atoms with Gasteiger partial charge >= 0.3 is 18.0 Å². The Labute approximate surface area is 195 Å². The summed E-state index contributed by atoms with van der Waals surface area (Å²) >= 11 is 0.